The van der Waals surface area contributed by atoms with Crippen molar-refractivity contribution >= 4 is 33.0 Å². The minimum Gasteiger partial charge on any atom is -0.305 e. The maximum atomic E-state index is 13.0. The molecule has 1 N–H and O–H groups in total. The Balaban J connectivity index is 1.59. The molecule has 0 atom stereocenters. The standard InChI is InChI=1S/C22H17ClF3N3O2S/c1-2-14-3-9-18(10-4-14)32(30,31)28-17-7-5-15(6-8-17)20-13-29-12-16(22(24,25)26)11-19(23)21(29)27-20/h3-13,28H,2H2,1H3. The van der Waals surface area contributed by atoms with Gasteiger partial charge >= 0.3 is 6.18 Å². The highest BCUT2D eigenvalue weighted by Crippen LogP contribution is 2.33. The minimum absolute atomic E-state index is 0.121. The first-order valence-corrected chi connectivity index (χ1v) is 11.4. The number of aryl methyl sites for hydroxylation is 1. The van der Waals surface area contributed by atoms with E-state index < -0.39 is 21.8 Å². The first kappa shape index (κ1) is 22.2. The van der Waals surface area contributed by atoms with Gasteiger partial charge in [0.25, 0.3) is 10.0 Å². The molecule has 0 saturated carbocycles. The first-order chi connectivity index (χ1) is 15.1. The second kappa shape index (κ2) is 8.14. The number of nitrogens with one attached hydrogen (secondary N) is 1. The zero-order valence-corrected chi connectivity index (χ0v) is 18.3. The number of anilines is 1. The molecule has 2 aromatic heterocycles. The fourth-order valence-corrected chi connectivity index (χ4v) is 4.49. The van der Waals surface area contributed by atoms with Crippen molar-refractivity contribution < 1.29 is 21.6 Å². The number of sulfonamides is 1. The van der Waals surface area contributed by atoms with Crippen LogP contribution in [0.15, 0.2) is 71.9 Å². The van der Waals surface area contributed by atoms with Gasteiger partial charge in [0.05, 0.1) is 21.2 Å². The molecule has 2 heterocycles. The lowest BCUT2D eigenvalue weighted by Gasteiger charge is -2.09. The average molecular weight is 480 g/mol. The van der Waals surface area contributed by atoms with Gasteiger partial charge in [-0.2, -0.15) is 13.2 Å². The summed E-state index contributed by atoms with van der Waals surface area (Å²) in [6.45, 7) is 1.98. The molecule has 4 rings (SSSR count). The van der Waals surface area contributed by atoms with Crippen LogP contribution in [0.5, 0.6) is 0 Å². The van der Waals surface area contributed by atoms with Gasteiger partial charge in [-0.05, 0) is 42.3 Å². The van der Waals surface area contributed by atoms with Crippen molar-refractivity contribution in [2.24, 2.45) is 0 Å². The van der Waals surface area contributed by atoms with E-state index in [0.717, 1.165) is 24.2 Å². The second-order valence-corrected chi connectivity index (χ2v) is 9.20. The van der Waals surface area contributed by atoms with Gasteiger partial charge in [0, 0.05) is 23.6 Å². The number of nitrogens with zero attached hydrogens (tertiary/aromatic N) is 2. The summed E-state index contributed by atoms with van der Waals surface area (Å²) in [4.78, 5) is 4.45. The Bertz CT molecular complexity index is 1380. The normalized spacial score (nSPS) is 12.3. The molecule has 0 saturated heterocycles. The van der Waals surface area contributed by atoms with Crippen LogP contribution in [-0.2, 0) is 22.6 Å². The molecule has 0 amide bonds. The van der Waals surface area contributed by atoms with E-state index in [2.05, 4.69) is 9.71 Å². The third-order valence-electron chi connectivity index (χ3n) is 4.91. The Morgan fingerprint density at radius 3 is 2.28 bits per heavy atom. The molecule has 10 heteroatoms. The van der Waals surface area contributed by atoms with E-state index >= 15 is 0 Å². The van der Waals surface area contributed by atoms with Crippen LogP contribution in [-0.4, -0.2) is 17.8 Å². The fraction of sp³-hybridized carbons (Fsp3) is 0.136. The Morgan fingerprint density at radius 1 is 1.03 bits per heavy atom. The molecule has 0 aliphatic rings. The van der Waals surface area contributed by atoms with Crippen LogP contribution < -0.4 is 4.72 Å². The van der Waals surface area contributed by atoms with Gasteiger partial charge in [0.1, 0.15) is 0 Å². The zero-order valence-electron chi connectivity index (χ0n) is 16.7. The van der Waals surface area contributed by atoms with E-state index in [-0.39, 0.29) is 15.6 Å². The SMILES string of the molecule is CCc1ccc(S(=O)(=O)Nc2ccc(-c3cn4cc(C(F)(F)F)cc(Cl)c4n3)cc2)cc1. The molecular weight excluding hydrogens is 463 g/mol. The fourth-order valence-electron chi connectivity index (χ4n) is 3.18. The molecule has 0 unspecified atom stereocenters. The number of imidazole rings is 1. The van der Waals surface area contributed by atoms with Gasteiger partial charge in [-0.25, -0.2) is 13.4 Å². The van der Waals surface area contributed by atoms with Gasteiger partial charge in [-0.15, -0.1) is 0 Å². The third kappa shape index (κ3) is 4.44. The average Bonchev–Trinajstić information content (AvgIpc) is 3.18. The van der Waals surface area contributed by atoms with Crippen LogP contribution in [0, 0.1) is 0 Å². The Hall–Kier alpha value is -3.04. The molecule has 0 bridgehead atoms. The Labute approximate surface area is 187 Å². The quantitative estimate of drug-likeness (QED) is 0.380. The molecule has 4 aromatic rings. The largest absolute Gasteiger partial charge is 0.417 e. The molecule has 2 aromatic carbocycles. The van der Waals surface area contributed by atoms with E-state index in [1.807, 2.05) is 6.92 Å². The van der Waals surface area contributed by atoms with Gasteiger partial charge in [0.2, 0.25) is 0 Å². The van der Waals surface area contributed by atoms with Crippen LogP contribution in [0.4, 0.5) is 18.9 Å². The maximum Gasteiger partial charge on any atom is 0.417 e. The van der Waals surface area contributed by atoms with E-state index in [9.17, 15) is 21.6 Å². The van der Waals surface area contributed by atoms with Crippen LogP contribution in [0.1, 0.15) is 18.1 Å². The lowest BCUT2D eigenvalue weighted by Crippen LogP contribution is -2.12. The number of fused-ring (bicyclic) bond motifs is 1. The number of hydrogen-bond acceptors (Lipinski definition) is 3. The number of hydrogen-bond donors (Lipinski definition) is 1. The van der Waals surface area contributed by atoms with Crippen molar-refractivity contribution in [3.63, 3.8) is 0 Å². The molecule has 0 spiro atoms. The summed E-state index contributed by atoms with van der Waals surface area (Å²) in [7, 11) is -3.75. The number of benzene rings is 2. The van der Waals surface area contributed by atoms with Crippen molar-refractivity contribution in [3.8, 4) is 11.3 Å². The molecule has 0 aliphatic heterocycles. The highest BCUT2D eigenvalue weighted by molar-refractivity contribution is 7.92. The highest BCUT2D eigenvalue weighted by Gasteiger charge is 2.32. The minimum atomic E-state index is -4.53. The van der Waals surface area contributed by atoms with E-state index in [1.54, 1.807) is 48.5 Å². The second-order valence-electron chi connectivity index (χ2n) is 7.11. The van der Waals surface area contributed by atoms with Gasteiger partial charge in [-0.1, -0.05) is 42.8 Å². The summed E-state index contributed by atoms with van der Waals surface area (Å²) in [6, 6.07) is 13.8. The van der Waals surface area contributed by atoms with E-state index in [4.69, 9.17) is 11.6 Å². The zero-order chi connectivity index (χ0) is 23.1. The molecule has 0 aliphatic carbocycles. The van der Waals surface area contributed by atoms with Crippen LogP contribution in [0.3, 0.4) is 0 Å². The van der Waals surface area contributed by atoms with Crippen LogP contribution in [0.25, 0.3) is 16.9 Å². The summed E-state index contributed by atoms with van der Waals surface area (Å²) in [5.74, 6) is 0. The summed E-state index contributed by atoms with van der Waals surface area (Å²) in [5.41, 5.74) is 1.67. The number of rotatable bonds is 5. The number of halogens is 4. The Kier molecular flexibility index (Phi) is 5.64. The Morgan fingerprint density at radius 2 is 1.69 bits per heavy atom. The topological polar surface area (TPSA) is 63.5 Å². The molecule has 5 nitrogen and oxygen atoms in total. The molecular formula is C22H17ClF3N3O2S. The van der Waals surface area contributed by atoms with Gasteiger partial charge in [-0.3, -0.25) is 4.72 Å². The lowest BCUT2D eigenvalue weighted by molar-refractivity contribution is -0.137. The predicted molar refractivity (Wildman–Crippen MR) is 117 cm³/mol. The molecule has 0 fully saturated rings. The van der Waals surface area contributed by atoms with Crippen molar-refractivity contribution in [1.82, 2.24) is 9.38 Å². The van der Waals surface area contributed by atoms with Crippen molar-refractivity contribution in [1.29, 1.82) is 0 Å². The van der Waals surface area contributed by atoms with E-state index in [0.29, 0.717) is 16.9 Å². The third-order valence-corrected chi connectivity index (χ3v) is 6.58. The van der Waals surface area contributed by atoms with Crippen molar-refractivity contribution in [2.75, 3.05) is 4.72 Å². The first-order valence-electron chi connectivity index (χ1n) is 9.54. The van der Waals surface area contributed by atoms with Crippen molar-refractivity contribution in [3.05, 3.63) is 83.1 Å². The molecule has 166 valence electrons. The lowest BCUT2D eigenvalue weighted by atomic mass is 10.1. The van der Waals surface area contributed by atoms with Gasteiger partial charge < -0.3 is 4.40 Å². The van der Waals surface area contributed by atoms with Crippen molar-refractivity contribution in [2.45, 2.75) is 24.4 Å². The summed E-state index contributed by atoms with van der Waals surface area (Å²) < 4.78 is 68.0. The number of pyridine rings is 1. The van der Waals surface area contributed by atoms with E-state index in [1.165, 1.54) is 10.6 Å². The summed E-state index contributed by atoms with van der Waals surface area (Å²) in [5, 5.41) is -0.121. The smallest absolute Gasteiger partial charge is 0.305 e. The number of alkyl halides is 3. The van der Waals surface area contributed by atoms with Crippen LogP contribution >= 0.6 is 11.6 Å². The highest BCUT2D eigenvalue weighted by atomic mass is 35.5. The summed E-state index contributed by atoms with van der Waals surface area (Å²) >= 11 is 5.98. The molecule has 0 radical (unpaired) electrons. The monoisotopic (exact) mass is 479 g/mol. The van der Waals surface area contributed by atoms with Gasteiger partial charge in [0.15, 0.2) is 5.65 Å². The number of aromatic nitrogens is 2. The molecule has 32 heavy (non-hydrogen) atoms. The maximum absolute atomic E-state index is 13.0. The predicted octanol–water partition coefficient (Wildman–Crippen LogP) is 6.04. The summed E-state index contributed by atoms with van der Waals surface area (Å²) in [6.07, 6.45) is -1.37. The van der Waals surface area contributed by atoms with Crippen LogP contribution in [0.2, 0.25) is 5.02 Å².